The lowest BCUT2D eigenvalue weighted by Crippen LogP contribution is -2.41. The van der Waals surface area contributed by atoms with Gasteiger partial charge < -0.3 is 19.9 Å². The highest BCUT2D eigenvalue weighted by atomic mass is 32.2. The van der Waals surface area contributed by atoms with E-state index < -0.39 is 9.84 Å². The van der Waals surface area contributed by atoms with E-state index in [4.69, 9.17) is 4.74 Å². The van der Waals surface area contributed by atoms with Crippen LogP contribution < -0.4 is 15.8 Å². The van der Waals surface area contributed by atoms with E-state index in [0.29, 0.717) is 59.9 Å². The van der Waals surface area contributed by atoms with Crippen LogP contribution in [-0.4, -0.2) is 50.4 Å². The number of hydrogen-bond acceptors (Lipinski definition) is 6. The topological polar surface area (TPSA) is 109 Å². The number of aromatic nitrogens is 1. The third-order valence-electron chi connectivity index (χ3n) is 7.62. The first kappa shape index (κ1) is 26.4. The van der Waals surface area contributed by atoms with Crippen LogP contribution in [0.4, 0.5) is 5.69 Å². The maximum Gasteiger partial charge on any atom is 0.253 e. The van der Waals surface area contributed by atoms with Gasteiger partial charge in [-0.25, -0.2) is 8.42 Å². The van der Waals surface area contributed by atoms with Crippen molar-refractivity contribution in [2.24, 2.45) is 0 Å². The average Bonchev–Trinajstić information content (AvgIpc) is 2.78. The number of amides is 1. The van der Waals surface area contributed by atoms with Crippen LogP contribution in [0.1, 0.15) is 71.8 Å². The minimum Gasteiger partial charge on any atom is -0.381 e. The molecule has 2 aromatic rings. The lowest BCUT2D eigenvalue weighted by molar-refractivity contribution is 0.0845. The molecule has 8 nitrogen and oxygen atoms in total. The summed E-state index contributed by atoms with van der Waals surface area (Å²) < 4.78 is 32.7. The molecule has 0 radical (unpaired) electrons. The quantitative estimate of drug-likeness (QED) is 0.557. The van der Waals surface area contributed by atoms with E-state index in [9.17, 15) is 18.0 Å². The number of aromatic amines is 1. The Bertz CT molecular complexity index is 1290. The van der Waals surface area contributed by atoms with Crippen molar-refractivity contribution in [1.29, 1.82) is 0 Å². The molecule has 0 unspecified atom stereocenters. The van der Waals surface area contributed by atoms with Gasteiger partial charge in [-0.15, -0.1) is 0 Å². The Balaban J connectivity index is 1.72. The smallest absolute Gasteiger partial charge is 0.253 e. The average molecular weight is 516 g/mol. The lowest BCUT2D eigenvalue weighted by Gasteiger charge is -2.38. The van der Waals surface area contributed by atoms with Gasteiger partial charge in [0.1, 0.15) is 0 Å². The molecule has 0 spiro atoms. The molecule has 2 aliphatic rings. The highest BCUT2D eigenvalue weighted by Gasteiger charge is 2.37. The van der Waals surface area contributed by atoms with Crippen molar-refractivity contribution < 1.29 is 17.9 Å². The lowest BCUT2D eigenvalue weighted by atomic mass is 10.00. The normalized spacial score (nSPS) is 17.0. The van der Waals surface area contributed by atoms with Gasteiger partial charge in [-0.2, -0.15) is 0 Å². The minimum absolute atomic E-state index is 0.0919. The number of rotatable bonds is 8. The molecule has 2 fully saturated rings. The number of carbonyl (C=O) groups excluding carboxylic acids is 1. The van der Waals surface area contributed by atoms with Crippen LogP contribution in [0.25, 0.3) is 0 Å². The van der Waals surface area contributed by atoms with Crippen molar-refractivity contribution in [1.82, 2.24) is 10.3 Å². The van der Waals surface area contributed by atoms with Crippen LogP contribution in [0.3, 0.4) is 0 Å². The molecule has 1 aliphatic carbocycles. The standard InChI is InChI=1S/C27H37N3O5S/c1-5-30(20-11-13-35-14-12-20)25-19(4)22(9-10-24(25)36(33,34)21-7-6-8-21)26(31)28-16-23-17(2)15-18(3)29-27(23)32/h9-10,15,20-21H,5-8,11-14,16H2,1-4H3,(H,28,31)(H,29,32). The van der Waals surface area contributed by atoms with Gasteiger partial charge in [-0.1, -0.05) is 6.42 Å². The van der Waals surface area contributed by atoms with E-state index in [-0.39, 0.29) is 29.3 Å². The molecule has 1 amide bonds. The van der Waals surface area contributed by atoms with Crippen LogP contribution in [-0.2, 0) is 21.1 Å². The number of pyridine rings is 1. The number of benzene rings is 1. The molecule has 0 bridgehead atoms. The largest absolute Gasteiger partial charge is 0.381 e. The first-order valence-corrected chi connectivity index (χ1v) is 14.4. The third kappa shape index (κ3) is 5.09. The Kier molecular flexibility index (Phi) is 7.90. The molecule has 196 valence electrons. The second kappa shape index (κ2) is 10.8. The summed E-state index contributed by atoms with van der Waals surface area (Å²) >= 11 is 0. The van der Waals surface area contributed by atoms with Gasteiger partial charge in [0.15, 0.2) is 9.84 Å². The van der Waals surface area contributed by atoms with Crippen LogP contribution in [0, 0.1) is 20.8 Å². The molecule has 1 aromatic heterocycles. The summed E-state index contributed by atoms with van der Waals surface area (Å²) in [6.07, 6.45) is 3.89. The van der Waals surface area contributed by atoms with Crippen LogP contribution in [0.15, 0.2) is 27.9 Å². The maximum absolute atomic E-state index is 13.6. The molecule has 1 saturated heterocycles. The van der Waals surface area contributed by atoms with E-state index in [1.807, 2.05) is 33.8 Å². The second-order valence-electron chi connectivity index (χ2n) is 9.94. The van der Waals surface area contributed by atoms with Crippen LogP contribution in [0.5, 0.6) is 0 Å². The monoisotopic (exact) mass is 515 g/mol. The van der Waals surface area contributed by atoms with Crippen molar-refractivity contribution in [2.75, 3.05) is 24.7 Å². The summed E-state index contributed by atoms with van der Waals surface area (Å²) in [7, 11) is -3.51. The Labute approximate surface area is 213 Å². The van der Waals surface area contributed by atoms with Gasteiger partial charge in [0.2, 0.25) is 0 Å². The number of aryl methyl sites for hydroxylation is 2. The third-order valence-corrected chi connectivity index (χ3v) is 9.91. The number of ether oxygens (including phenoxy) is 1. The molecular weight excluding hydrogens is 478 g/mol. The summed E-state index contributed by atoms with van der Waals surface area (Å²) in [6, 6.07) is 5.24. The zero-order chi connectivity index (χ0) is 26.0. The summed E-state index contributed by atoms with van der Waals surface area (Å²) in [5.74, 6) is -0.330. The SMILES string of the molecule is CCN(c1c(S(=O)(=O)C2CCC2)ccc(C(=O)NCc2c(C)cc(C)[nH]c2=O)c1C)C1CCOCC1. The summed E-state index contributed by atoms with van der Waals surface area (Å²) in [6.45, 7) is 9.50. The van der Waals surface area contributed by atoms with Crippen molar-refractivity contribution in [2.45, 2.75) is 82.5 Å². The van der Waals surface area contributed by atoms with Gasteiger partial charge in [0, 0.05) is 49.2 Å². The number of nitrogens with one attached hydrogen (secondary N) is 2. The number of H-pyrrole nitrogens is 1. The fraction of sp³-hybridized carbons (Fsp3) is 0.556. The molecule has 9 heteroatoms. The molecule has 2 N–H and O–H groups in total. The van der Waals surface area contributed by atoms with Crippen molar-refractivity contribution in [3.05, 3.63) is 56.5 Å². The molecule has 1 aromatic carbocycles. The molecule has 2 heterocycles. The number of hydrogen-bond donors (Lipinski definition) is 2. The van der Waals surface area contributed by atoms with E-state index in [2.05, 4.69) is 15.2 Å². The van der Waals surface area contributed by atoms with Crippen molar-refractivity contribution >= 4 is 21.4 Å². The van der Waals surface area contributed by atoms with Gasteiger partial charge in [0.25, 0.3) is 11.5 Å². The maximum atomic E-state index is 13.6. The highest BCUT2D eigenvalue weighted by molar-refractivity contribution is 7.92. The van der Waals surface area contributed by atoms with Crippen molar-refractivity contribution in [3.8, 4) is 0 Å². The zero-order valence-corrected chi connectivity index (χ0v) is 22.5. The molecular formula is C27H37N3O5S. The molecule has 0 atom stereocenters. The number of nitrogens with zero attached hydrogens (tertiary/aromatic N) is 1. The van der Waals surface area contributed by atoms with Gasteiger partial charge in [0.05, 0.1) is 15.8 Å². The summed E-state index contributed by atoms with van der Waals surface area (Å²) in [5, 5.41) is 2.52. The Morgan fingerprint density at radius 1 is 1.14 bits per heavy atom. The van der Waals surface area contributed by atoms with E-state index >= 15 is 0 Å². The Morgan fingerprint density at radius 3 is 2.42 bits per heavy atom. The fourth-order valence-corrected chi connectivity index (χ4v) is 7.44. The van der Waals surface area contributed by atoms with Crippen LogP contribution in [0.2, 0.25) is 0 Å². The number of anilines is 1. The van der Waals surface area contributed by atoms with E-state index in [1.54, 1.807) is 12.1 Å². The van der Waals surface area contributed by atoms with Crippen molar-refractivity contribution in [3.63, 3.8) is 0 Å². The second-order valence-corrected chi connectivity index (χ2v) is 12.1. The Hall–Kier alpha value is -2.65. The summed E-state index contributed by atoms with van der Waals surface area (Å²) in [4.78, 5) is 31.0. The zero-order valence-electron chi connectivity index (χ0n) is 21.6. The van der Waals surface area contributed by atoms with Gasteiger partial charge in [-0.05, 0) is 82.7 Å². The minimum atomic E-state index is -3.51. The molecule has 1 saturated carbocycles. The van der Waals surface area contributed by atoms with Gasteiger partial charge in [-0.3, -0.25) is 9.59 Å². The first-order valence-electron chi connectivity index (χ1n) is 12.8. The van der Waals surface area contributed by atoms with Crippen LogP contribution >= 0.6 is 0 Å². The predicted molar refractivity (Wildman–Crippen MR) is 141 cm³/mol. The summed E-state index contributed by atoms with van der Waals surface area (Å²) in [5.41, 5.74) is 3.57. The number of carbonyl (C=O) groups is 1. The molecule has 4 rings (SSSR count). The highest BCUT2D eigenvalue weighted by Crippen LogP contribution is 2.40. The van der Waals surface area contributed by atoms with E-state index in [0.717, 1.165) is 30.5 Å². The first-order chi connectivity index (χ1) is 17.1. The molecule has 1 aliphatic heterocycles. The van der Waals surface area contributed by atoms with E-state index in [1.165, 1.54) is 0 Å². The molecule has 36 heavy (non-hydrogen) atoms. The Morgan fingerprint density at radius 2 is 1.83 bits per heavy atom. The predicted octanol–water partition coefficient (Wildman–Crippen LogP) is 3.56. The van der Waals surface area contributed by atoms with Gasteiger partial charge >= 0.3 is 0 Å². The fourth-order valence-electron chi connectivity index (χ4n) is 5.33. The number of sulfone groups is 1.